The van der Waals surface area contributed by atoms with Crippen LogP contribution < -0.4 is 0 Å². The number of hydrogen-bond donors (Lipinski definition) is 0. The van der Waals surface area contributed by atoms with Gasteiger partial charge in [-0.05, 0) is 52.4 Å². The summed E-state index contributed by atoms with van der Waals surface area (Å²) >= 11 is 6.31. The average Bonchev–Trinajstić information content (AvgIpc) is 1.90. The van der Waals surface area contributed by atoms with Crippen LogP contribution in [0, 0.1) is 0 Å². The van der Waals surface area contributed by atoms with Crippen LogP contribution in [0.3, 0.4) is 0 Å². The van der Waals surface area contributed by atoms with Crippen LogP contribution in [-0.2, 0) is 17.1 Å². The molecule has 0 amide bonds. The van der Waals surface area contributed by atoms with Gasteiger partial charge in [-0.25, -0.2) is 0 Å². The van der Waals surface area contributed by atoms with E-state index in [0.717, 1.165) is 0 Å². The minimum atomic E-state index is -2.45. The maximum atomic E-state index is 6.31. The fourth-order valence-corrected chi connectivity index (χ4v) is 19.8. The quantitative estimate of drug-likeness (QED) is 0.487. The smallest absolute Gasteiger partial charge is 0.343 e. The zero-order valence-corrected chi connectivity index (χ0v) is 18.5. The summed E-state index contributed by atoms with van der Waals surface area (Å²) in [4.78, 5) is 0. The molecule has 0 aliphatic rings. The SMILES string of the molecule is COC[Si](C)(O[Si](C)(C)Cl)O[Si](C)(C)O[Si](C)(C)C. The molecule has 0 aliphatic carbocycles. The Hall–Kier alpha value is 0.998. The van der Waals surface area contributed by atoms with Crippen molar-refractivity contribution in [3.05, 3.63) is 0 Å². The van der Waals surface area contributed by atoms with E-state index in [2.05, 4.69) is 32.7 Å². The lowest BCUT2D eigenvalue weighted by Crippen LogP contribution is -2.58. The summed E-state index contributed by atoms with van der Waals surface area (Å²) in [5.74, 6) is 0. The highest BCUT2D eigenvalue weighted by atomic mass is 35.6. The van der Waals surface area contributed by atoms with E-state index in [1.165, 1.54) is 0 Å². The van der Waals surface area contributed by atoms with Gasteiger partial charge in [-0.1, -0.05) is 0 Å². The van der Waals surface area contributed by atoms with Crippen LogP contribution in [0.2, 0.25) is 52.4 Å². The molecule has 0 N–H and O–H groups in total. The highest BCUT2D eigenvalue weighted by Crippen LogP contribution is 2.25. The molecule has 0 saturated heterocycles. The second kappa shape index (κ2) is 6.84. The molecule has 0 heterocycles. The first-order valence-corrected chi connectivity index (χ1v) is 19.1. The van der Waals surface area contributed by atoms with Crippen LogP contribution in [0.5, 0.6) is 0 Å². The molecule has 0 spiro atoms. The summed E-state index contributed by atoms with van der Waals surface area (Å²) in [6, 6.07) is 0. The number of halogens is 1. The van der Waals surface area contributed by atoms with Gasteiger partial charge in [-0.3, -0.25) is 0 Å². The molecule has 9 heteroatoms. The maximum absolute atomic E-state index is 6.31. The molecule has 0 aromatic carbocycles. The zero-order chi connectivity index (χ0) is 15.5. The van der Waals surface area contributed by atoms with Crippen molar-refractivity contribution < 1.29 is 17.1 Å². The monoisotopic (exact) mass is 360 g/mol. The predicted octanol–water partition coefficient (Wildman–Crippen LogP) is 3.77. The average molecular weight is 361 g/mol. The van der Waals surface area contributed by atoms with E-state index in [1.807, 2.05) is 19.6 Å². The first kappa shape index (κ1) is 20.0. The van der Waals surface area contributed by atoms with Gasteiger partial charge in [0.2, 0.25) is 0 Å². The van der Waals surface area contributed by atoms with Crippen LogP contribution in [0.15, 0.2) is 0 Å². The first-order chi connectivity index (χ1) is 8.18. The molecule has 1 unspecified atom stereocenters. The molecule has 0 bridgehead atoms. The van der Waals surface area contributed by atoms with Crippen molar-refractivity contribution in [3.63, 3.8) is 0 Å². The number of hydrogen-bond acceptors (Lipinski definition) is 4. The molecule has 0 aromatic rings. The van der Waals surface area contributed by atoms with Gasteiger partial charge in [0.05, 0.1) is 6.23 Å². The molecular weight excluding hydrogens is 332 g/mol. The van der Waals surface area contributed by atoms with Crippen LogP contribution in [0.25, 0.3) is 0 Å². The summed E-state index contributed by atoms with van der Waals surface area (Å²) in [5, 5.41) is 0. The molecule has 116 valence electrons. The van der Waals surface area contributed by atoms with Crippen molar-refractivity contribution >= 4 is 44.1 Å². The molecule has 0 saturated carbocycles. The minimum Gasteiger partial charge on any atom is -0.437 e. The van der Waals surface area contributed by atoms with E-state index < -0.39 is 33.1 Å². The van der Waals surface area contributed by atoms with E-state index in [-0.39, 0.29) is 0 Å². The Balaban J connectivity index is 4.91. The van der Waals surface area contributed by atoms with E-state index in [1.54, 1.807) is 7.11 Å². The maximum Gasteiger partial charge on any atom is 0.343 e. The summed E-state index contributed by atoms with van der Waals surface area (Å²) in [6.07, 6.45) is 0.474. The van der Waals surface area contributed by atoms with Gasteiger partial charge < -0.3 is 17.1 Å². The fraction of sp³-hybridized carbons (Fsp3) is 1.00. The van der Waals surface area contributed by atoms with Crippen molar-refractivity contribution in [2.45, 2.75) is 52.4 Å². The topological polar surface area (TPSA) is 36.9 Å². The van der Waals surface area contributed by atoms with Crippen LogP contribution in [-0.4, -0.2) is 46.4 Å². The Kier molecular flexibility index (Phi) is 7.20. The lowest BCUT2D eigenvalue weighted by molar-refractivity contribution is 0.201. The molecule has 0 aromatic heterocycles. The summed E-state index contributed by atoms with van der Waals surface area (Å²) < 4.78 is 23.9. The van der Waals surface area contributed by atoms with E-state index in [9.17, 15) is 0 Å². The Labute approximate surface area is 127 Å². The Bertz CT molecular complexity index is 290. The highest BCUT2D eigenvalue weighted by Gasteiger charge is 2.45. The first-order valence-electron chi connectivity index (χ1n) is 6.46. The van der Waals surface area contributed by atoms with E-state index >= 15 is 0 Å². The number of rotatable bonds is 8. The molecule has 0 radical (unpaired) electrons. The van der Waals surface area contributed by atoms with Gasteiger partial charge in [-0.2, -0.15) is 0 Å². The number of ether oxygens (including phenoxy) is 1. The summed E-state index contributed by atoms with van der Waals surface area (Å²) in [7, 11) is -6.84. The Morgan fingerprint density at radius 2 is 1.26 bits per heavy atom. The summed E-state index contributed by atoms with van der Waals surface area (Å²) in [5.41, 5.74) is 0. The van der Waals surface area contributed by atoms with Crippen molar-refractivity contribution in [2.75, 3.05) is 13.3 Å². The molecular formula is C10H29ClO4Si4. The predicted molar refractivity (Wildman–Crippen MR) is 90.9 cm³/mol. The Morgan fingerprint density at radius 1 is 0.789 bits per heavy atom. The van der Waals surface area contributed by atoms with Gasteiger partial charge in [0, 0.05) is 7.11 Å². The third-order valence-electron chi connectivity index (χ3n) is 1.88. The molecule has 19 heavy (non-hydrogen) atoms. The molecule has 0 rings (SSSR count). The fourth-order valence-electron chi connectivity index (χ4n) is 2.13. The second-order valence-electron chi connectivity index (χ2n) is 6.75. The van der Waals surface area contributed by atoms with Crippen molar-refractivity contribution in [1.29, 1.82) is 0 Å². The van der Waals surface area contributed by atoms with Crippen molar-refractivity contribution in [2.24, 2.45) is 0 Å². The largest absolute Gasteiger partial charge is 0.437 e. The zero-order valence-electron chi connectivity index (χ0n) is 13.7. The molecule has 0 aliphatic heterocycles. The third kappa shape index (κ3) is 10.4. The normalized spacial score (nSPS) is 17.4. The van der Waals surface area contributed by atoms with E-state index in [0.29, 0.717) is 6.23 Å². The lowest BCUT2D eigenvalue weighted by Gasteiger charge is -2.40. The van der Waals surface area contributed by atoms with Gasteiger partial charge >= 0.3 is 17.1 Å². The van der Waals surface area contributed by atoms with Gasteiger partial charge in [0.25, 0.3) is 7.63 Å². The molecule has 4 nitrogen and oxygen atoms in total. The highest BCUT2D eigenvalue weighted by molar-refractivity contribution is 7.17. The molecule has 0 fully saturated rings. The van der Waals surface area contributed by atoms with Gasteiger partial charge in [0.1, 0.15) is 0 Å². The van der Waals surface area contributed by atoms with Crippen molar-refractivity contribution in [3.8, 4) is 0 Å². The van der Waals surface area contributed by atoms with Crippen molar-refractivity contribution in [1.82, 2.24) is 0 Å². The third-order valence-corrected chi connectivity index (χ3v) is 15.2. The van der Waals surface area contributed by atoms with Gasteiger partial charge in [-0.15, -0.1) is 11.1 Å². The lowest BCUT2D eigenvalue weighted by atomic mass is 11.5. The van der Waals surface area contributed by atoms with E-state index in [4.69, 9.17) is 28.2 Å². The standard InChI is InChI=1S/C10H29ClO4Si4/c1-12-10-19(9,14-17(5,6)11)15-18(7,8)13-16(2,3)4/h10H2,1-9H3. The minimum absolute atomic E-state index is 0.474. The second-order valence-corrected chi connectivity index (χ2v) is 24.2. The summed E-state index contributed by atoms with van der Waals surface area (Å²) in [6.45, 7) is 16.6. The van der Waals surface area contributed by atoms with Gasteiger partial charge in [0.15, 0.2) is 8.32 Å². The van der Waals surface area contributed by atoms with Crippen LogP contribution >= 0.6 is 11.1 Å². The number of methoxy groups -OCH3 is 1. The Morgan fingerprint density at radius 3 is 1.58 bits per heavy atom. The molecule has 1 atom stereocenters. The van der Waals surface area contributed by atoms with Crippen LogP contribution in [0.1, 0.15) is 0 Å². The van der Waals surface area contributed by atoms with Crippen LogP contribution in [0.4, 0.5) is 0 Å².